The summed E-state index contributed by atoms with van der Waals surface area (Å²) in [5.41, 5.74) is 8.68. The zero-order valence-electron chi connectivity index (χ0n) is 17.2. The van der Waals surface area contributed by atoms with E-state index in [1.54, 1.807) is 0 Å². The topological polar surface area (TPSA) is 56.9 Å². The molecule has 0 bridgehead atoms. The molecule has 2 aromatic carbocycles. The van der Waals surface area contributed by atoms with Crippen molar-refractivity contribution >= 4 is 29.9 Å². The average Bonchev–Trinajstić information content (AvgIpc) is 2.74. The van der Waals surface area contributed by atoms with Crippen molar-refractivity contribution in [2.45, 2.75) is 19.4 Å². The summed E-state index contributed by atoms with van der Waals surface area (Å²) in [5, 5.41) is 3.21. The molecule has 0 amide bonds. The molecule has 6 heteroatoms. The predicted molar refractivity (Wildman–Crippen MR) is 133 cm³/mol. The van der Waals surface area contributed by atoms with Crippen LogP contribution in [0.25, 0.3) is 0 Å². The lowest BCUT2D eigenvalue weighted by atomic mass is 10.1. The zero-order chi connectivity index (χ0) is 19.4. The third-order valence-electron chi connectivity index (χ3n) is 5.19. The van der Waals surface area contributed by atoms with Crippen molar-refractivity contribution in [3.63, 3.8) is 0 Å². The van der Waals surface area contributed by atoms with E-state index in [0.29, 0.717) is 5.96 Å². The number of nitrogens with one attached hydrogen (secondary N) is 1. The van der Waals surface area contributed by atoms with Crippen LogP contribution in [0.4, 0.5) is 0 Å². The van der Waals surface area contributed by atoms with E-state index < -0.39 is 0 Å². The number of hydrogen-bond acceptors (Lipinski definition) is 3. The van der Waals surface area contributed by atoms with E-state index in [1.165, 1.54) is 11.1 Å². The van der Waals surface area contributed by atoms with Crippen LogP contribution in [0.3, 0.4) is 0 Å². The minimum atomic E-state index is 0. The van der Waals surface area contributed by atoms with Gasteiger partial charge in [-0.25, -0.2) is 0 Å². The number of rotatable bonds is 9. The molecule has 0 unspecified atom stereocenters. The lowest BCUT2D eigenvalue weighted by Gasteiger charge is -2.34. The number of guanidine groups is 1. The maximum absolute atomic E-state index is 5.97. The number of nitrogens with zero attached hydrogens (tertiary/aromatic N) is 3. The van der Waals surface area contributed by atoms with Crippen molar-refractivity contribution in [1.29, 1.82) is 0 Å². The van der Waals surface area contributed by atoms with Crippen LogP contribution in [-0.4, -0.2) is 61.6 Å². The van der Waals surface area contributed by atoms with Crippen LogP contribution in [0.1, 0.15) is 17.5 Å². The van der Waals surface area contributed by atoms with Crippen molar-refractivity contribution in [2.75, 3.05) is 45.8 Å². The van der Waals surface area contributed by atoms with E-state index in [1.807, 2.05) is 6.07 Å². The summed E-state index contributed by atoms with van der Waals surface area (Å²) in [6.45, 7) is 8.33. The SMILES string of the molecule is I.NC(=NCCCN1CCN(Cc2ccccc2)CC1)NCCc1ccccc1. The van der Waals surface area contributed by atoms with Gasteiger partial charge in [-0.3, -0.25) is 9.89 Å². The molecule has 0 radical (unpaired) electrons. The fraction of sp³-hybridized carbons (Fsp3) is 0.435. The fourth-order valence-corrected chi connectivity index (χ4v) is 3.54. The molecule has 2 aromatic rings. The molecule has 0 atom stereocenters. The first-order valence-corrected chi connectivity index (χ1v) is 10.4. The summed E-state index contributed by atoms with van der Waals surface area (Å²) in [5.74, 6) is 0.559. The van der Waals surface area contributed by atoms with Gasteiger partial charge in [0.15, 0.2) is 5.96 Å². The molecule has 0 saturated carbocycles. The third-order valence-corrected chi connectivity index (χ3v) is 5.19. The van der Waals surface area contributed by atoms with Gasteiger partial charge in [-0.1, -0.05) is 60.7 Å². The average molecular weight is 507 g/mol. The number of nitrogens with two attached hydrogens (primary N) is 1. The molecule has 158 valence electrons. The molecule has 3 rings (SSSR count). The van der Waals surface area contributed by atoms with E-state index in [4.69, 9.17) is 5.73 Å². The Labute approximate surface area is 192 Å². The van der Waals surface area contributed by atoms with Gasteiger partial charge >= 0.3 is 0 Å². The van der Waals surface area contributed by atoms with Crippen molar-refractivity contribution in [3.8, 4) is 0 Å². The summed E-state index contributed by atoms with van der Waals surface area (Å²) in [4.78, 5) is 9.53. The van der Waals surface area contributed by atoms with Crippen molar-refractivity contribution in [1.82, 2.24) is 15.1 Å². The molecule has 0 spiro atoms. The molecular formula is C23H34IN5. The Hall–Kier alpha value is -1.64. The van der Waals surface area contributed by atoms with Gasteiger partial charge in [-0.05, 0) is 24.0 Å². The standard InChI is InChI=1S/C23H33N5.HI/c24-23(26-14-12-21-8-3-1-4-9-21)25-13-7-15-27-16-18-28(19-17-27)20-22-10-5-2-6-11-22;/h1-6,8-11H,7,12-20H2,(H3,24,25,26);1H. The van der Waals surface area contributed by atoms with E-state index >= 15 is 0 Å². The second-order valence-corrected chi connectivity index (χ2v) is 7.39. The van der Waals surface area contributed by atoms with Gasteiger partial charge in [0.1, 0.15) is 0 Å². The van der Waals surface area contributed by atoms with E-state index in [0.717, 1.165) is 65.2 Å². The molecular weight excluding hydrogens is 473 g/mol. The van der Waals surface area contributed by atoms with E-state index in [2.05, 4.69) is 74.7 Å². The maximum atomic E-state index is 5.97. The molecule has 0 aromatic heterocycles. The first kappa shape index (κ1) is 23.6. The number of halogens is 1. The first-order valence-electron chi connectivity index (χ1n) is 10.4. The highest BCUT2D eigenvalue weighted by molar-refractivity contribution is 14.0. The first-order chi connectivity index (χ1) is 13.8. The molecule has 1 saturated heterocycles. The summed E-state index contributed by atoms with van der Waals surface area (Å²) in [6, 6.07) is 21.2. The Bertz CT molecular complexity index is 700. The largest absolute Gasteiger partial charge is 0.370 e. The van der Waals surface area contributed by atoms with Gasteiger partial charge in [0.2, 0.25) is 0 Å². The molecule has 1 heterocycles. The maximum Gasteiger partial charge on any atom is 0.188 e. The van der Waals surface area contributed by atoms with Crippen molar-refractivity contribution in [3.05, 3.63) is 71.8 Å². The van der Waals surface area contributed by atoms with Gasteiger partial charge in [0.25, 0.3) is 0 Å². The number of piperazine rings is 1. The van der Waals surface area contributed by atoms with E-state index in [-0.39, 0.29) is 24.0 Å². The van der Waals surface area contributed by atoms with Crippen LogP contribution < -0.4 is 11.1 Å². The van der Waals surface area contributed by atoms with Gasteiger partial charge in [-0.2, -0.15) is 0 Å². The van der Waals surface area contributed by atoms with Gasteiger partial charge in [0.05, 0.1) is 0 Å². The Morgan fingerprint density at radius 1 is 0.862 bits per heavy atom. The zero-order valence-corrected chi connectivity index (χ0v) is 19.5. The van der Waals surface area contributed by atoms with Gasteiger partial charge in [0, 0.05) is 52.4 Å². The van der Waals surface area contributed by atoms with Crippen molar-refractivity contribution < 1.29 is 0 Å². The lowest BCUT2D eigenvalue weighted by Crippen LogP contribution is -2.46. The van der Waals surface area contributed by atoms with Crippen LogP contribution in [0.2, 0.25) is 0 Å². The number of benzene rings is 2. The highest BCUT2D eigenvalue weighted by Crippen LogP contribution is 2.08. The predicted octanol–water partition coefficient (Wildman–Crippen LogP) is 2.96. The molecule has 0 aliphatic carbocycles. The summed E-state index contributed by atoms with van der Waals surface area (Å²) in [6.07, 6.45) is 2.02. The highest BCUT2D eigenvalue weighted by Gasteiger charge is 2.16. The quantitative estimate of drug-likeness (QED) is 0.237. The molecule has 3 N–H and O–H groups in total. The van der Waals surface area contributed by atoms with Crippen molar-refractivity contribution in [2.24, 2.45) is 10.7 Å². The molecule has 5 nitrogen and oxygen atoms in total. The van der Waals surface area contributed by atoms with Gasteiger partial charge < -0.3 is 16.0 Å². The van der Waals surface area contributed by atoms with Crippen LogP contribution in [0.5, 0.6) is 0 Å². The second-order valence-electron chi connectivity index (χ2n) is 7.39. The van der Waals surface area contributed by atoms with E-state index in [9.17, 15) is 0 Å². The molecule has 29 heavy (non-hydrogen) atoms. The normalized spacial score (nSPS) is 15.7. The summed E-state index contributed by atoms with van der Waals surface area (Å²) in [7, 11) is 0. The van der Waals surface area contributed by atoms with Crippen LogP contribution in [0.15, 0.2) is 65.7 Å². The van der Waals surface area contributed by atoms with Crippen LogP contribution in [-0.2, 0) is 13.0 Å². The number of aliphatic imine (C=N–C) groups is 1. The monoisotopic (exact) mass is 507 g/mol. The second kappa shape index (κ2) is 13.6. The Morgan fingerprint density at radius 3 is 2.10 bits per heavy atom. The third kappa shape index (κ3) is 9.14. The smallest absolute Gasteiger partial charge is 0.188 e. The minimum absolute atomic E-state index is 0. The van der Waals surface area contributed by atoms with Crippen LogP contribution >= 0.6 is 24.0 Å². The van der Waals surface area contributed by atoms with Gasteiger partial charge in [-0.15, -0.1) is 24.0 Å². The molecule has 1 aliphatic rings. The highest BCUT2D eigenvalue weighted by atomic mass is 127. The Morgan fingerprint density at radius 2 is 1.45 bits per heavy atom. The fourth-order valence-electron chi connectivity index (χ4n) is 3.54. The molecule has 1 aliphatic heterocycles. The number of hydrogen-bond donors (Lipinski definition) is 2. The summed E-state index contributed by atoms with van der Waals surface area (Å²) >= 11 is 0. The minimum Gasteiger partial charge on any atom is -0.370 e. The Balaban J connectivity index is 0.00000300. The Kier molecular flexibility index (Phi) is 11.1. The van der Waals surface area contributed by atoms with Crippen LogP contribution in [0, 0.1) is 0 Å². The molecule has 1 fully saturated rings. The summed E-state index contributed by atoms with van der Waals surface area (Å²) < 4.78 is 0. The lowest BCUT2D eigenvalue weighted by molar-refractivity contribution is 0.127.